The summed E-state index contributed by atoms with van der Waals surface area (Å²) in [6, 6.07) is 8.10. The van der Waals surface area contributed by atoms with Crippen molar-refractivity contribution in [3.8, 4) is 5.75 Å². The number of rotatable bonds is 9. The molecule has 0 spiro atoms. The van der Waals surface area contributed by atoms with E-state index in [-0.39, 0.29) is 0 Å². The lowest BCUT2D eigenvalue weighted by atomic mass is 9.96. The lowest BCUT2D eigenvalue weighted by molar-refractivity contribution is -0.132. The SMILES string of the molecule is CCNCC1CCN(C(=O)CCCCOc2cccc(C)c2)CC1. The Morgan fingerprint density at radius 3 is 2.79 bits per heavy atom. The Labute approximate surface area is 146 Å². The van der Waals surface area contributed by atoms with Gasteiger partial charge in [0.05, 0.1) is 6.61 Å². The van der Waals surface area contributed by atoms with E-state index in [0.29, 0.717) is 18.9 Å². The number of carbonyl (C=O) groups excluding carboxylic acids is 1. The fourth-order valence-electron chi connectivity index (χ4n) is 3.17. The summed E-state index contributed by atoms with van der Waals surface area (Å²) < 4.78 is 5.73. The fourth-order valence-corrected chi connectivity index (χ4v) is 3.17. The molecule has 1 aliphatic heterocycles. The summed E-state index contributed by atoms with van der Waals surface area (Å²) in [5, 5.41) is 3.41. The molecule has 1 aliphatic rings. The second kappa shape index (κ2) is 10.3. The van der Waals surface area contributed by atoms with Crippen molar-refractivity contribution in [2.75, 3.05) is 32.8 Å². The molecule has 0 unspecified atom stereocenters. The van der Waals surface area contributed by atoms with Crippen molar-refractivity contribution in [2.45, 2.75) is 46.0 Å². The van der Waals surface area contributed by atoms with Crippen LogP contribution in [0, 0.1) is 12.8 Å². The van der Waals surface area contributed by atoms with Gasteiger partial charge in [0.25, 0.3) is 0 Å². The molecule has 24 heavy (non-hydrogen) atoms. The number of unbranched alkanes of at least 4 members (excludes halogenated alkanes) is 1. The summed E-state index contributed by atoms with van der Waals surface area (Å²) in [4.78, 5) is 14.3. The number of benzene rings is 1. The van der Waals surface area contributed by atoms with E-state index in [1.54, 1.807) is 0 Å². The molecule has 0 aliphatic carbocycles. The highest BCUT2D eigenvalue weighted by atomic mass is 16.5. The molecule has 2 rings (SSSR count). The topological polar surface area (TPSA) is 41.6 Å². The largest absolute Gasteiger partial charge is 0.494 e. The summed E-state index contributed by atoms with van der Waals surface area (Å²) in [6.07, 6.45) is 4.75. The van der Waals surface area contributed by atoms with Gasteiger partial charge in [-0.05, 0) is 69.3 Å². The highest BCUT2D eigenvalue weighted by Gasteiger charge is 2.21. The lowest BCUT2D eigenvalue weighted by Crippen LogP contribution is -2.40. The standard InChI is InChI=1S/C20H32N2O2/c1-3-21-16-18-10-12-22(13-11-18)20(23)9-4-5-14-24-19-8-6-7-17(2)15-19/h6-8,15,18,21H,3-5,9-14,16H2,1-2H3. The number of hydrogen-bond acceptors (Lipinski definition) is 3. The van der Waals surface area contributed by atoms with Crippen molar-refractivity contribution >= 4 is 5.91 Å². The summed E-state index contributed by atoms with van der Waals surface area (Å²) in [7, 11) is 0. The van der Waals surface area contributed by atoms with Crippen LogP contribution in [0.1, 0.15) is 44.6 Å². The Hall–Kier alpha value is -1.55. The van der Waals surface area contributed by atoms with Crippen LogP contribution < -0.4 is 10.1 Å². The Bertz CT molecular complexity index is 496. The third kappa shape index (κ3) is 6.52. The molecule has 0 aromatic heterocycles. The van der Waals surface area contributed by atoms with Gasteiger partial charge in [0.1, 0.15) is 5.75 Å². The van der Waals surface area contributed by atoms with Crippen molar-refractivity contribution in [3.05, 3.63) is 29.8 Å². The van der Waals surface area contributed by atoms with E-state index in [1.807, 2.05) is 23.1 Å². The van der Waals surface area contributed by atoms with Crippen LogP contribution in [0.25, 0.3) is 0 Å². The molecule has 0 saturated carbocycles. The maximum atomic E-state index is 12.3. The Morgan fingerprint density at radius 2 is 2.08 bits per heavy atom. The zero-order chi connectivity index (χ0) is 17.2. The Morgan fingerprint density at radius 1 is 1.29 bits per heavy atom. The number of carbonyl (C=O) groups is 1. The number of likely N-dealkylation sites (tertiary alicyclic amines) is 1. The van der Waals surface area contributed by atoms with Crippen LogP contribution >= 0.6 is 0 Å². The second-order valence-corrected chi connectivity index (χ2v) is 6.75. The summed E-state index contributed by atoms with van der Waals surface area (Å²) in [5.74, 6) is 1.97. The van der Waals surface area contributed by atoms with E-state index < -0.39 is 0 Å². The van der Waals surface area contributed by atoms with Crippen LogP contribution in [0.4, 0.5) is 0 Å². The lowest BCUT2D eigenvalue weighted by Gasteiger charge is -2.32. The Kier molecular flexibility index (Phi) is 8.10. The maximum Gasteiger partial charge on any atom is 0.222 e. The first-order valence-corrected chi connectivity index (χ1v) is 9.37. The molecule has 1 saturated heterocycles. The van der Waals surface area contributed by atoms with Crippen LogP contribution in [0.2, 0.25) is 0 Å². The van der Waals surface area contributed by atoms with Crippen LogP contribution in [-0.4, -0.2) is 43.6 Å². The van der Waals surface area contributed by atoms with E-state index in [2.05, 4.69) is 25.2 Å². The minimum atomic E-state index is 0.312. The third-order valence-electron chi connectivity index (χ3n) is 4.69. The highest BCUT2D eigenvalue weighted by molar-refractivity contribution is 5.76. The summed E-state index contributed by atoms with van der Waals surface area (Å²) in [5.41, 5.74) is 1.21. The molecule has 0 bridgehead atoms. The molecule has 0 radical (unpaired) electrons. The molecular weight excluding hydrogens is 300 g/mol. The second-order valence-electron chi connectivity index (χ2n) is 6.75. The third-order valence-corrected chi connectivity index (χ3v) is 4.69. The van der Waals surface area contributed by atoms with Gasteiger partial charge < -0.3 is 15.0 Å². The normalized spacial score (nSPS) is 15.5. The molecule has 1 N–H and O–H groups in total. The fraction of sp³-hybridized carbons (Fsp3) is 0.650. The van der Waals surface area contributed by atoms with Crippen LogP contribution in [0.15, 0.2) is 24.3 Å². The molecule has 4 heteroatoms. The van der Waals surface area contributed by atoms with Crippen LogP contribution in [0.3, 0.4) is 0 Å². The van der Waals surface area contributed by atoms with Gasteiger partial charge in [-0.25, -0.2) is 0 Å². The number of amides is 1. The predicted octanol–water partition coefficient (Wildman–Crippen LogP) is 3.39. The van der Waals surface area contributed by atoms with Gasteiger partial charge >= 0.3 is 0 Å². The number of aryl methyl sites for hydroxylation is 1. The number of ether oxygens (including phenoxy) is 1. The van der Waals surface area contributed by atoms with Crippen molar-refractivity contribution < 1.29 is 9.53 Å². The molecular formula is C20H32N2O2. The quantitative estimate of drug-likeness (QED) is 0.705. The first kappa shape index (κ1) is 18.8. The maximum absolute atomic E-state index is 12.3. The van der Waals surface area contributed by atoms with E-state index in [9.17, 15) is 4.79 Å². The number of hydrogen-bond donors (Lipinski definition) is 1. The van der Waals surface area contributed by atoms with Crippen LogP contribution in [-0.2, 0) is 4.79 Å². The molecule has 1 aromatic carbocycles. The monoisotopic (exact) mass is 332 g/mol. The van der Waals surface area contributed by atoms with Crippen molar-refractivity contribution in [2.24, 2.45) is 5.92 Å². The number of piperidine rings is 1. The van der Waals surface area contributed by atoms with Gasteiger partial charge in [-0.3, -0.25) is 4.79 Å². The molecule has 134 valence electrons. The zero-order valence-electron chi connectivity index (χ0n) is 15.2. The van der Waals surface area contributed by atoms with Gasteiger partial charge in [-0.1, -0.05) is 19.1 Å². The van der Waals surface area contributed by atoms with Gasteiger partial charge in [0.15, 0.2) is 0 Å². The van der Waals surface area contributed by atoms with Crippen molar-refractivity contribution in [1.29, 1.82) is 0 Å². The molecule has 1 heterocycles. The van der Waals surface area contributed by atoms with Gasteiger partial charge in [0, 0.05) is 19.5 Å². The van der Waals surface area contributed by atoms with Gasteiger partial charge in [-0.2, -0.15) is 0 Å². The zero-order valence-corrected chi connectivity index (χ0v) is 15.2. The first-order chi connectivity index (χ1) is 11.7. The average molecular weight is 332 g/mol. The Balaban J connectivity index is 1.55. The minimum Gasteiger partial charge on any atom is -0.494 e. The van der Waals surface area contributed by atoms with E-state index in [0.717, 1.165) is 63.5 Å². The van der Waals surface area contributed by atoms with Crippen LogP contribution in [0.5, 0.6) is 5.75 Å². The molecule has 0 atom stereocenters. The van der Waals surface area contributed by atoms with E-state index in [4.69, 9.17) is 4.74 Å². The number of nitrogens with zero attached hydrogens (tertiary/aromatic N) is 1. The van der Waals surface area contributed by atoms with Gasteiger partial charge in [0.2, 0.25) is 5.91 Å². The predicted molar refractivity (Wildman–Crippen MR) is 98.4 cm³/mol. The minimum absolute atomic E-state index is 0.312. The van der Waals surface area contributed by atoms with E-state index in [1.165, 1.54) is 5.56 Å². The molecule has 4 nitrogen and oxygen atoms in total. The summed E-state index contributed by atoms with van der Waals surface area (Å²) in [6.45, 7) is 8.86. The smallest absolute Gasteiger partial charge is 0.222 e. The number of nitrogens with one attached hydrogen (secondary N) is 1. The average Bonchev–Trinajstić information content (AvgIpc) is 2.60. The molecule has 1 amide bonds. The first-order valence-electron chi connectivity index (χ1n) is 9.37. The summed E-state index contributed by atoms with van der Waals surface area (Å²) >= 11 is 0. The van der Waals surface area contributed by atoms with Gasteiger partial charge in [-0.15, -0.1) is 0 Å². The van der Waals surface area contributed by atoms with E-state index >= 15 is 0 Å². The molecule has 1 aromatic rings. The van der Waals surface area contributed by atoms with Crippen molar-refractivity contribution in [3.63, 3.8) is 0 Å². The highest BCUT2D eigenvalue weighted by Crippen LogP contribution is 2.18. The van der Waals surface area contributed by atoms with Crippen molar-refractivity contribution in [1.82, 2.24) is 10.2 Å². The molecule has 1 fully saturated rings.